The van der Waals surface area contributed by atoms with Gasteiger partial charge in [0.25, 0.3) is 5.91 Å². The molecule has 0 bridgehead atoms. The van der Waals surface area contributed by atoms with Gasteiger partial charge in [-0.3, -0.25) is 10.1 Å². The van der Waals surface area contributed by atoms with Crippen molar-refractivity contribution in [3.05, 3.63) is 64.7 Å². The summed E-state index contributed by atoms with van der Waals surface area (Å²) in [6.07, 6.45) is 3.92. The first-order valence-electron chi connectivity index (χ1n) is 10.5. The molecule has 6 nitrogen and oxygen atoms in total. The number of amides is 2. The van der Waals surface area contributed by atoms with Gasteiger partial charge in [-0.2, -0.15) is 5.26 Å². The van der Waals surface area contributed by atoms with Crippen LogP contribution in [-0.2, 0) is 0 Å². The summed E-state index contributed by atoms with van der Waals surface area (Å²) in [5.41, 5.74) is 3.91. The van der Waals surface area contributed by atoms with E-state index in [9.17, 15) is 14.7 Å². The molecule has 2 N–H and O–H groups in total. The molecule has 2 amide bonds. The molecule has 1 heterocycles. The second kappa shape index (κ2) is 8.58. The Morgan fingerprint density at radius 1 is 1.00 bits per heavy atom. The van der Waals surface area contributed by atoms with Crippen LogP contribution in [0.2, 0.25) is 0 Å². The van der Waals surface area contributed by atoms with E-state index in [4.69, 9.17) is 5.26 Å². The van der Waals surface area contributed by atoms with Crippen molar-refractivity contribution in [2.75, 3.05) is 18.4 Å². The molecule has 4 rings (SSSR count). The SMILES string of the molecule is N#Cc1ccc(C2CCN(C(=O)c3ccc(C4CCC4)c(NC(=O)O)c3)CC2)cc1. The summed E-state index contributed by atoms with van der Waals surface area (Å²) < 4.78 is 0. The summed E-state index contributed by atoms with van der Waals surface area (Å²) in [5, 5.41) is 20.6. The Kier molecular flexibility index (Phi) is 5.71. The summed E-state index contributed by atoms with van der Waals surface area (Å²) in [5.74, 6) is 0.702. The zero-order chi connectivity index (χ0) is 21.1. The Morgan fingerprint density at radius 3 is 2.27 bits per heavy atom. The molecule has 30 heavy (non-hydrogen) atoms. The van der Waals surface area contributed by atoms with Crippen LogP contribution in [0.25, 0.3) is 0 Å². The Bertz CT molecular complexity index is 982. The van der Waals surface area contributed by atoms with Crippen LogP contribution < -0.4 is 5.32 Å². The van der Waals surface area contributed by atoms with Gasteiger partial charge >= 0.3 is 6.09 Å². The quantitative estimate of drug-likeness (QED) is 0.756. The van der Waals surface area contributed by atoms with E-state index in [-0.39, 0.29) is 5.91 Å². The minimum absolute atomic E-state index is 0.0538. The van der Waals surface area contributed by atoms with Crippen LogP contribution in [0.4, 0.5) is 10.5 Å². The molecule has 0 aromatic heterocycles. The fraction of sp³-hybridized carbons (Fsp3) is 0.375. The number of rotatable bonds is 4. The average molecular weight is 403 g/mol. The van der Waals surface area contributed by atoms with E-state index < -0.39 is 6.09 Å². The van der Waals surface area contributed by atoms with Gasteiger partial charge in [-0.15, -0.1) is 0 Å². The Balaban J connectivity index is 1.44. The van der Waals surface area contributed by atoms with Gasteiger partial charge in [-0.25, -0.2) is 4.79 Å². The molecule has 0 atom stereocenters. The van der Waals surface area contributed by atoms with Gasteiger partial charge < -0.3 is 10.0 Å². The lowest BCUT2D eigenvalue weighted by Gasteiger charge is -2.33. The van der Waals surface area contributed by atoms with E-state index in [1.807, 2.05) is 41.3 Å². The maximum absolute atomic E-state index is 13.0. The number of carboxylic acid groups (broad SMARTS) is 1. The third-order valence-corrected chi connectivity index (χ3v) is 6.38. The Labute approximate surface area is 176 Å². The van der Waals surface area contributed by atoms with Crippen LogP contribution >= 0.6 is 0 Å². The van der Waals surface area contributed by atoms with Gasteiger partial charge in [0.05, 0.1) is 11.6 Å². The van der Waals surface area contributed by atoms with Gasteiger partial charge in [0.15, 0.2) is 0 Å². The van der Waals surface area contributed by atoms with Crippen LogP contribution in [0.1, 0.15) is 71.0 Å². The summed E-state index contributed by atoms with van der Waals surface area (Å²) in [7, 11) is 0. The average Bonchev–Trinajstić information content (AvgIpc) is 2.73. The standard InChI is InChI=1S/C24H25N3O3/c25-15-16-4-6-17(7-5-16)18-10-12-27(13-11-18)23(28)20-8-9-21(19-2-1-3-19)22(14-20)26-24(29)30/h4-9,14,18-19,26H,1-3,10-13H2,(H,29,30). The highest BCUT2D eigenvalue weighted by Gasteiger charge is 2.27. The van der Waals surface area contributed by atoms with Crippen LogP contribution in [0, 0.1) is 11.3 Å². The van der Waals surface area contributed by atoms with Gasteiger partial charge in [0, 0.05) is 24.3 Å². The first kappa shape index (κ1) is 20.0. The largest absolute Gasteiger partial charge is 0.465 e. The number of benzene rings is 2. The Morgan fingerprint density at radius 2 is 1.70 bits per heavy atom. The highest BCUT2D eigenvalue weighted by molar-refractivity contribution is 5.96. The molecule has 154 valence electrons. The van der Waals surface area contributed by atoms with Crippen LogP contribution in [0.3, 0.4) is 0 Å². The number of likely N-dealkylation sites (tertiary alicyclic amines) is 1. The topological polar surface area (TPSA) is 93.4 Å². The molecular formula is C24H25N3O3. The number of nitrogens with one attached hydrogen (secondary N) is 1. The molecule has 2 aromatic rings. The maximum atomic E-state index is 13.0. The summed E-state index contributed by atoms with van der Waals surface area (Å²) in [6.45, 7) is 1.32. The van der Waals surface area contributed by atoms with Gasteiger partial charge in [0.2, 0.25) is 0 Å². The lowest BCUT2D eigenvalue weighted by atomic mass is 9.79. The van der Waals surface area contributed by atoms with E-state index in [0.29, 0.717) is 41.7 Å². The number of nitriles is 1. The first-order chi connectivity index (χ1) is 14.5. The number of hydrogen-bond donors (Lipinski definition) is 2. The molecule has 2 aliphatic rings. The second-order valence-electron chi connectivity index (χ2n) is 8.16. The molecule has 6 heteroatoms. The zero-order valence-electron chi connectivity index (χ0n) is 16.8. The predicted molar refractivity (Wildman–Crippen MR) is 114 cm³/mol. The van der Waals surface area contributed by atoms with Crippen molar-refractivity contribution in [2.45, 2.75) is 43.9 Å². The molecule has 1 aliphatic carbocycles. The molecule has 1 saturated heterocycles. The van der Waals surface area contributed by atoms with Crippen molar-refractivity contribution in [2.24, 2.45) is 0 Å². The van der Waals surface area contributed by atoms with Crippen LogP contribution in [0.5, 0.6) is 0 Å². The molecule has 1 saturated carbocycles. The van der Waals surface area contributed by atoms with Crippen LogP contribution in [0.15, 0.2) is 42.5 Å². The molecule has 0 radical (unpaired) electrons. The summed E-state index contributed by atoms with van der Waals surface area (Å²) in [6, 6.07) is 15.3. The summed E-state index contributed by atoms with van der Waals surface area (Å²) >= 11 is 0. The fourth-order valence-electron chi connectivity index (χ4n) is 4.42. The minimum atomic E-state index is -1.11. The normalized spacial score (nSPS) is 17.1. The van der Waals surface area contributed by atoms with E-state index >= 15 is 0 Å². The lowest BCUT2D eigenvalue weighted by molar-refractivity contribution is 0.0713. The van der Waals surface area contributed by atoms with Crippen molar-refractivity contribution < 1.29 is 14.7 Å². The highest BCUT2D eigenvalue weighted by atomic mass is 16.4. The van der Waals surface area contributed by atoms with E-state index in [1.54, 1.807) is 6.07 Å². The highest BCUT2D eigenvalue weighted by Crippen LogP contribution is 2.40. The molecule has 0 unspecified atom stereocenters. The molecule has 2 aromatic carbocycles. The zero-order valence-corrected chi connectivity index (χ0v) is 16.8. The number of carbonyl (C=O) groups excluding carboxylic acids is 1. The Hall–Kier alpha value is -3.33. The van der Waals surface area contributed by atoms with Gasteiger partial charge in [-0.05, 0) is 72.9 Å². The van der Waals surface area contributed by atoms with Crippen molar-refractivity contribution in [1.29, 1.82) is 5.26 Å². The molecule has 2 fully saturated rings. The van der Waals surface area contributed by atoms with Crippen molar-refractivity contribution in [1.82, 2.24) is 4.90 Å². The smallest absolute Gasteiger partial charge is 0.409 e. The second-order valence-corrected chi connectivity index (χ2v) is 8.16. The number of carbonyl (C=O) groups is 2. The molecule has 0 spiro atoms. The first-order valence-corrected chi connectivity index (χ1v) is 10.5. The number of piperidine rings is 1. The third kappa shape index (κ3) is 4.16. The predicted octanol–water partition coefficient (Wildman–Crippen LogP) is 4.94. The number of nitrogens with zero attached hydrogens (tertiary/aromatic N) is 2. The maximum Gasteiger partial charge on any atom is 0.409 e. The van der Waals surface area contributed by atoms with Gasteiger partial charge in [-0.1, -0.05) is 24.6 Å². The fourth-order valence-corrected chi connectivity index (χ4v) is 4.42. The van der Waals surface area contributed by atoms with E-state index in [1.165, 1.54) is 5.56 Å². The molecule has 1 aliphatic heterocycles. The van der Waals surface area contributed by atoms with Crippen molar-refractivity contribution >= 4 is 17.7 Å². The lowest BCUT2D eigenvalue weighted by Crippen LogP contribution is -2.38. The third-order valence-electron chi connectivity index (χ3n) is 6.38. The number of hydrogen-bond acceptors (Lipinski definition) is 3. The monoisotopic (exact) mass is 403 g/mol. The van der Waals surface area contributed by atoms with E-state index in [0.717, 1.165) is 37.7 Å². The molecular weight excluding hydrogens is 378 g/mol. The van der Waals surface area contributed by atoms with Crippen molar-refractivity contribution in [3.63, 3.8) is 0 Å². The minimum Gasteiger partial charge on any atom is -0.465 e. The summed E-state index contributed by atoms with van der Waals surface area (Å²) in [4.78, 5) is 26.1. The van der Waals surface area contributed by atoms with Crippen LogP contribution in [-0.4, -0.2) is 35.1 Å². The van der Waals surface area contributed by atoms with Gasteiger partial charge in [0.1, 0.15) is 0 Å². The van der Waals surface area contributed by atoms with E-state index in [2.05, 4.69) is 11.4 Å². The van der Waals surface area contributed by atoms with Crippen molar-refractivity contribution in [3.8, 4) is 6.07 Å². The number of anilines is 1.